The molecule has 0 saturated carbocycles. The van der Waals surface area contributed by atoms with Crippen LogP contribution in [0.25, 0.3) is 5.76 Å². The van der Waals surface area contributed by atoms with Gasteiger partial charge in [-0.25, -0.2) is 4.39 Å². The highest BCUT2D eigenvalue weighted by Gasteiger charge is 2.46. The maximum atomic E-state index is 13.4. The molecule has 5 nitrogen and oxygen atoms in total. The number of carbonyl (C=O) groups is 2. The molecule has 0 aromatic heterocycles. The first-order valence-electron chi connectivity index (χ1n) is 12.0. The molecule has 4 rings (SSSR count). The van der Waals surface area contributed by atoms with Crippen molar-refractivity contribution < 1.29 is 23.8 Å². The van der Waals surface area contributed by atoms with Gasteiger partial charge in [0.15, 0.2) is 0 Å². The molecule has 1 heterocycles. The molecule has 0 aliphatic carbocycles. The summed E-state index contributed by atoms with van der Waals surface area (Å²) in [6.45, 7) is 6.52. The first kappa shape index (κ1) is 26.4. The topological polar surface area (TPSA) is 66.8 Å². The molecular formula is C30H29ClFNO4. The molecule has 1 amide bonds. The van der Waals surface area contributed by atoms with Crippen molar-refractivity contribution in [2.45, 2.75) is 38.6 Å². The summed E-state index contributed by atoms with van der Waals surface area (Å²) < 4.78 is 18.6. The van der Waals surface area contributed by atoms with Crippen molar-refractivity contribution in [3.8, 4) is 5.75 Å². The molecule has 1 aliphatic heterocycles. The number of aliphatic hydroxyl groups excluding tert-OH is 1. The summed E-state index contributed by atoms with van der Waals surface area (Å²) in [5.41, 5.74) is 2.86. The summed E-state index contributed by atoms with van der Waals surface area (Å²) in [5.74, 6) is -1.78. The van der Waals surface area contributed by atoms with E-state index in [1.54, 1.807) is 24.3 Å². The molecule has 1 N–H and O–H groups in total. The van der Waals surface area contributed by atoms with Crippen molar-refractivity contribution in [1.82, 2.24) is 4.90 Å². The molecule has 7 heteroatoms. The van der Waals surface area contributed by atoms with Gasteiger partial charge in [0.05, 0.1) is 23.7 Å². The number of amides is 1. The molecule has 1 atom stereocenters. The molecule has 0 bridgehead atoms. The molecule has 1 saturated heterocycles. The monoisotopic (exact) mass is 521 g/mol. The third-order valence-electron chi connectivity index (χ3n) is 6.61. The number of hydrogen-bond donors (Lipinski definition) is 1. The molecule has 1 unspecified atom stereocenters. The van der Waals surface area contributed by atoms with Gasteiger partial charge in [0.2, 0.25) is 0 Å². The van der Waals surface area contributed by atoms with Crippen molar-refractivity contribution in [3.05, 3.63) is 105 Å². The van der Waals surface area contributed by atoms with E-state index in [9.17, 15) is 19.1 Å². The summed E-state index contributed by atoms with van der Waals surface area (Å²) in [5, 5.41) is 11.7. The fourth-order valence-corrected chi connectivity index (χ4v) is 4.68. The normalized spacial score (nSPS) is 17.4. The number of likely N-dealkylation sites (tertiary alicyclic amines) is 1. The van der Waals surface area contributed by atoms with Crippen LogP contribution < -0.4 is 4.74 Å². The summed E-state index contributed by atoms with van der Waals surface area (Å²) >= 11 is 6.15. The average molecular weight is 522 g/mol. The van der Waals surface area contributed by atoms with Crippen LogP contribution in [0.4, 0.5) is 4.39 Å². The van der Waals surface area contributed by atoms with Crippen LogP contribution in [-0.2, 0) is 21.4 Å². The highest BCUT2D eigenvalue weighted by Crippen LogP contribution is 2.41. The third-order valence-corrected chi connectivity index (χ3v) is 6.92. The summed E-state index contributed by atoms with van der Waals surface area (Å²) in [6.07, 6.45) is 0.415. The van der Waals surface area contributed by atoms with Gasteiger partial charge in [-0.1, -0.05) is 68.8 Å². The first-order valence-corrected chi connectivity index (χ1v) is 12.4. The number of ether oxygens (including phenoxy) is 1. The van der Waals surface area contributed by atoms with E-state index in [2.05, 4.69) is 20.8 Å². The molecule has 3 aromatic carbocycles. The highest BCUT2D eigenvalue weighted by molar-refractivity contribution is 6.46. The maximum Gasteiger partial charge on any atom is 0.295 e. The molecule has 0 radical (unpaired) electrons. The van der Waals surface area contributed by atoms with Crippen molar-refractivity contribution >= 4 is 29.1 Å². The van der Waals surface area contributed by atoms with E-state index in [1.807, 2.05) is 24.3 Å². The molecular weight excluding hydrogens is 493 g/mol. The Labute approximate surface area is 221 Å². The van der Waals surface area contributed by atoms with Crippen LogP contribution in [0.5, 0.6) is 5.75 Å². The van der Waals surface area contributed by atoms with Gasteiger partial charge in [-0.15, -0.1) is 0 Å². The lowest BCUT2D eigenvalue weighted by atomic mass is 9.85. The zero-order valence-electron chi connectivity index (χ0n) is 21.2. The SMILES string of the molecule is COc1cc(/C(O)=C2/C(=O)C(=O)N(CCc3ccc(F)cc3)C2c2ccc(C(C)(C)C)cc2)ccc1Cl. The van der Waals surface area contributed by atoms with Gasteiger partial charge in [-0.3, -0.25) is 9.59 Å². The Morgan fingerprint density at radius 1 is 1.03 bits per heavy atom. The minimum Gasteiger partial charge on any atom is -0.507 e. The van der Waals surface area contributed by atoms with Crippen molar-refractivity contribution in [2.75, 3.05) is 13.7 Å². The quantitative estimate of drug-likeness (QED) is 0.230. The average Bonchev–Trinajstić information content (AvgIpc) is 3.12. The van der Waals surface area contributed by atoms with Gasteiger partial charge in [-0.2, -0.15) is 0 Å². The van der Waals surface area contributed by atoms with Gasteiger partial charge in [0.1, 0.15) is 17.3 Å². The number of benzene rings is 3. The predicted molar refractivity (Wildman–Crippen MR) is 142 cm³/mol. The molecule has 1 fully saturated rings. The predicted octanol–water partition coefficient (Wildman–Crippen LogP) is 6.45. The van der Waals surface area contributed by atoms with Gasteiger partial charge in [-0.05, 0) is 58.9 Å². The first-order chi connectivity index (χ1) is 17.5. The van der Waals surface area contributed by atoms with Crippen LogP contribution in [0.2, 0.25) is 5.02 Å². The summed E-state index contributed by atoms with van der Waals surface area (Å²) in [6, 6.07) is 17.6. The standard InChI is InChI=1S/C30H29ClFNO4/c1-30(2,3)21-10-7-19(8-11-21)26-25(27(34)20-9-14-23(31)24(17-20)37-4)28(35)29(36)33(26)16-15-18-5-12-22(32)13-6-18/h5-14,17,26,34H,15-16H2,1-4H3/b27-25-. The lowest BCUT2D eigenvalue weighted by molar-refractivity contribution is -0.139. The van der Waals surface area contributed by atoms with E-state index in [4.69, 9.17) is 16.3 Å². The van der Waals surface area contributed by atoms with Crippen molar-refractivity contribution in [2.24, 2.45) is 0 Å². The molecule has 37 heavy (non-hydrogen) atoms. The minimum atomic E-state index is -0.795. The Bertz CT molecular complexity index is 1360. The minimum absolute atomic E-state index is 0.00279. The van der Waals surface area contributed by atoms with Crippen LogP contribution in [0.15, 0.2) is 72.3 Å². The van der Waals surface area contributed by atoms with E-state index < -0.39 is 17.7 Å². The third kappa shape index (κ3) is 5.39. The second kappa shape index (κ2) is 10.4. The number of hydrogen-bond acceptors (Lipinski definition) is 4. The van der Waals surface area contributed by atoms with E-state index in [0.29, 0.717) is 28.3 Å². The van der Waals surface area contributed by atoms with Crippen LogP contribution in [0.3, 0.4) is 0 Å². The number of Topliss-reactive ketones (excluding diaryl/α,β-unsaturated/α-hetero) is 1. The second-order valence-electron chi connectivity index (χ2n) is 10.1. The molecule has 1 aliphatic rings. The molecule has 3 aromatic rings. The van der Waals surface area contributed by atoms with Crippen LogP contribution >= 0.6 is 11.6 Å². The lowest BCUT2D eigenvalue weighted by Gasteiger charge is -2.26. The smallest absolute Gasteiger partial charge is 0.295 e. The lowest BCUT2D eigenvalue weighted by Crippen LogP contribution is -2.31. The Kier molecular flexibility index (Phi) is 7.42. The van der Waals surface area contributed by atoms with E-state index in [0.717, 1.165) is 11.1 Å². The van der Waals surface area contributed by atoms with Crippen LogP contribution in [-0.4, -0.2) is 35.4 Å². The summed E-state index contributed by atoms with van der Waals surface area (Å²) in [4.78, 5) is 28.0. The van der Waals surface area contributed by atoms with Gasteiger partial charge < -0.3 is 14.7 Å². The van der Waals surface area contributed by atoms with Gasteiger partial charge in [0, 0.05) is 12.1 Å². The fraction of sp³-hybridized carbons (Fsp3) is 0.267. The van der Waals surface area contributed by atoms with Gasteiger partial charge >= 0.3 is 0 Å². The Balaban J connectivity index is 1.80. The maximum absolute atomic E-state index is 13.4. The van der Waals surface area contributed by atoms with Crippen molar-refractivity contribution in [3.63, 3.8) is 0 Å². The Morgan fingerprint density at radius 3 is 2.27 bits per heavy atom. The van der Waals surface area contributed by atoms with Gasteiger partial charge in [0.25, 0.3) is 11.7 Å². The van der Waals surface area contributed by atoms with Crippen LogP contribution in [0.1, 0.15) is 49.1 Å². The summed E-state index contributed by atoms with van der Waals surface area (Å²) in [7, 11) is 1.45. The molecule has 0 spiro atoms. The van der Waals surface area contributed by atoms with Crippen LogP contribution in [0, 0.1) is 5.82 Å². The Hall–Kier alpha value is -3.64. The number of carbonyl (C=O) groups excluding carboxylic acids is 2. The molecule has 192 valence electrons. The number of aliphatic hydroxyl groups is 1. The Morgan fingerprint density at radius 2 is 1.68 bits per heavy atom. The fourth-order valence-electron chi connectivity index (χ4n) is 4.49. The number of nitrogens with zero attached hydrogens (tertiary/aromatic N) is 1. The van der Waals surface area contributed by atoms with E-state index in [-0.39, 0.29) is 29.1 Å². The second-order valence-corrected chi connectivity index (χ2v) is 10.5. The largest absolute Gasteiger partial charge is 0.507 e. The van der Waals surface area contributed by atoms with E-state index in [1.165, 1.54) is 30.2 Å². The zero-order valence-corrected chi connectivity index (χ0v) is 22.0. The number of rotatable bonds is 6. The zero-order chi connectivity index (χ0) is 26.9. The van der Waals surface area contributed by atoms with E-state index >= 15 is 0 Å². The number of halogens is 2. The highest BCUT2D eigenvalue weighted by atomic mass is 35.5. The van der Waals surface area contributed by atoms with Crippen molar-refractivity contribution in [1.29, 1.82) is 0 Å². The number of ketones is 1. The number of methoxy groups -OCH3 is 1.